The van der Waals surface area contributed by atoms with E-state index in [0.717, 1.165) is 6.42 Å². The highest BCUT2D eigenvalue weighted by atomic mass is 31.1. The maximum absolute atomic E-state index is 12.8. The molecule has 0 radical (unpaired) electrons. The minimum atomic E-state index is -0.762. The second-order valence-electron chi connectivity index (χ2n) is 8.90. The van der Waals surface area contributed by atoms with E-state index in [1.54, 1.807) is 6.92 Å². The largest absolute Gasteiger partial charge is 0.454 e. The Balaban J connectivity index is 2.69. The molecule has 0 saturated heterocycles. The molecule has 1 rings (SSSR count). The first-order valence-corrected chi connectivity index (χ1v) is 13.9. The maximum Gasteiger partial charge on any atom is 0.243 e. The van der Waals surface area contributed by atoms with E-state index >= 15 is 0 Å². The summed E-state index contributed by atoms with van der Waals surface area (Å²) < 4.78 is 4.22. The summed E-state index contributed by atoms with van der Waals surface area (Å²) in [6.45, 7) is 8.04. The average Bonchev–Trinajstić information content (AvgIpc) is 2.73. The quantitative estimate of drug-likeness (QED) is 0.142. The molecule has 184 valence electrons. The monoisotopic (exact) mass is 469 g/mol. The number of nitrogens with one attached hydrogen (secondary N) is 2. The standard InChI is InChI=1S/C22H43N6O3P/c1-5-17(19(23)29)26-21(31)18(12-9-13-25-22(24)28-32(3)4)27-20(30)15(2)14-16-10-7-6-8-11-16/h15-18H,5-14H2,1-4H3,(H7,23,24,25,26,27,28,29,30,31)/p-1/t15-,17-,18-/m0/s1. The fourth-order valence-electron chi connectivity index (χ4n) is 3.98. The van der Waals surface area contributed by atoms with Gasteiger partial charge >= 0.3 is 0 Å². The van der Waals surface area contributed by atoms with Crippen LogP contribution < -0.4 is 22.1 Å². The van der Waals surface area contributed by atoms with Gasteiger partial charge in [-0.05, 0) is 51.5 Å². The Kier molecular flexibility index (Phi) is 13.2. The fraction of sp³-hybridized carbons (Fsp3) is 0.818. The maximum atomic E-state index is 12.8. The number of carbonyl (C=O) groups excluding carboxylic acids is 3. The van der Waals surface area contributed by atoms with Crippen LogP contribution in [0, 0.1) is 11.8 Å². The lowest BCUT2D eigenvalue weighted by molar-refractivity contribution is -0.133. The molecule has 1 aliphatic rings. The summed E-state index contributed by atoms with van der Waals surface area (Å²) in [6, 6.07) is -1.52. The lowest BCUT2D eigenvalue weighted by atomic mass is 9.83. The minimum Gasteiger partial charge on any atom is -0.454 e. The van der Waals surface area contributed by atoms with E-state index in [9.17, 15) is 14.4 Å². The van der Waals surface area contributed by atoms with Gasteiger partial charge in [-0.2, -0.15) is 0 Å². The van der Waals surface area contributed by atoms with Gasteiger partial charge in [0.1, 0.15) is 12.1 Å². The van der Waals surface area contributed by atoms with Gasteiger partial charge in [-0.25, -0.2) is 0 Å². The molecule has 1 fully saturated rings. The second-order valence-corrected chi connectivity index (χ2v) is 10.8. The van der Waals surface area contributed by atoms with E-state index in [1.165, 1.54) is 32.1 Å². The number of nitrogens with two attached hydrogens (primary N) is 2. The zero-order chi connectivity index (χ0) is 24.1. The van der Waals surface area contributed by atoms with Crippen molar-refractivity contribution in [1.29, 1.82) is 0 Å². The molecule has 0 aliphatic heterocycles. The van der Waals surface area contributed by atoms with Crippen molar-refractivity contribution in [2.45, 2.75) is 83.7 Å². The highest BCUT2D eigenvalue weighted by molar-refractivity contribution is 7.54. The Morgan fingerprint density at radius 2 is 1.69 bits per heavy atom. The molecule has 1 aliphatic carbocycles. The molecule has 10 heteroatoms. The van der Waals surface area contributed by atoms with Crippen LogP contribution >= 0.6 is 8.07 Å². The van der Waals surface area contributed by atoms with E-state index in [0.29, 0.717) is 31.7 Å². The fourth-order valence-corrected chi connectivity index (χ4v) is 4.46. The third kappa shape index (κ3) is 11.1. The molecule has 0 aromatic heterocycles. The second kappa shape index (κ2) is 15.0. The van der Waals surface area contributed by atoms with Gasteiger partial charge in [0.15, 0.2) is 0 Å². The van der Waals surface area contributed by atoms with Crippen molar-refractivity contribution in [3.05, 3.63) is 5.32 Å². The first-order valence-electron chi connectivity index (χ1n) is 11.7. The van der Waals surface area contributed by atoms with Crippen molar-refractivity contribution in [1.82, 2.24) is 10.6 Å². The summed E-state index contributed by atoms with van der Waals surface area (Å²) in [5, 5.41) is 9.77. The molecule has 0 aromatic rings. The third-order valence-electron chi connectivity index (χ3n) is 5.79. The van der Waals surface area contributed by atoms with Gasteiger partial charge < -0.3 is 32.2 Å². The predicted octanol–water partition coefficient (Wildman–Crippen LogP) is 2.58. The molecule has 3 atom stereocenters. The average molecular weight is 470 g/mol. The number of carbonyl (C=O) groups is 3. The van der Waals surface area contributed by atoms with Gasteiger partial charge in [0.05, 0.1) is 0 Å². The van der Waals surface area contributed by atoms with Crippen molar-refractivity contribution in [3.63, 3.8) is 0 Å². The van der Waals surface area contributed by atoms with Crippen molar-refractivity contribution in [2.75, 3.05) is 19.9 Å². The van der Waals surface area contributed by atoms with Gasteiger partial charge in [0, 0.05) is 11.9 Å². The molecular formula is C22H42N6O3P-. The highest BCUT2D eigenvalue weighted by Gasteiger charge is 2.27. The van der Waals surface area contributed by atoms with Crippen LogP contribution in [0.25, 0.3) is 5.32 Å². The SMILES string of the molecule is CC[C@H](NC(=O)[C@H](CCC[N-]/C(N)=N/P(C)C)NC(=O)[C@@H](C)CC1CCCCC1)C(N)=O. The van der Waals surface area contributed by atoms with Crippen LogP contribution in [0.3, 0.4) is 0 Å². The van der Waals surface area contributed by atoms with Crippen molar-refractivity contribution in [3.8, 4) is 0 Å². The first-order chi connectivity index (χ1) is 15.1. The molecule has 1 saturated carbocycles. The molecule has 0 aromatic carbocycles. The van der Waals surface area contributed by atoms with Gasteiger partial charge in [-0.1, -0.05) is 54.0 Å². The Labute approximate surface area is 194 Å². The number of amides is 3. The molecule has 6 N–H and O–H groups in total. The van der Waals surface area contributed by atoms with Crippen molar-refractivity contribution < 1.29 is 14.4 Å². The minimum absolute atomic E-state index is 0.136. The normalized spacial score (nSPS) is 18.0. The van der Waals surface area contributed by atoms with Gasteiger partial charge in [0.2, 0.25) is 17.7 Å². The zero-order valence-corrected chi connectivity index (χ0v) is 21.0. The summed E-state index contributed by atoms with van der Waals surface area (Å²) in [5.74, 6) is -0.477. The molecule has 0 heterocycles. The molecule has 0 bridgehead atoms. The highest BCUT2D eigenvalue weighted by Crippen LogP contribution is 2.29. The predicted molar refractivity (Wildman–Crippen MR) is 132 cm³/mol. The molecule has 0 spiro atoms. The molecule has 32 heavy (non-hydrogen) atoms. The zero-order valence-electron chi connectivity index (χ0n) is 20.1. The van der Waals surface area contributed by atoms with E-state index in [1.807, 2.05) is 20.3 Å². The number of hydrogen-bond acceptors (Lipinski definition) is 4. The van der Waals surface area contributed by atoms with Crippen LogP contribution in [-0.2, 0) is 14.4 Å². The number of nitrogens with zero attached hydrogens (tertiary/aromatic N) is 2. The number of rotatable bonds is 13. The lowest BCUT2D eigenvalue weighted by Crippen LogP contribution is -2.53. The van der Waals surface area contributed by atoms with Crippen LogP contribution in [0.15, 0.2) is 4.76 Å². The number of primary amides is 1. The summed E-state index contributed by atoms with van der Waals surface area (Å²) >= 11 is 0. The van der Waals surface area contributed by atoms with Crippen LogP contribution in [0.5, 0.6) is 0 Å². The Hall–Kier alpha value is -1.89. The summed E-state index contributed by atoms with van der Waals surface area (Å²) in [4.78, 5) is 37.2. The summed E-state index contributed by atoms with van der Waals surface area (Å²) in [5.41, 5.74) is 11.1. The van der Waals surface area contributed by atoms with Gasteiger partial charge in [-0.15, -0.1) is 0 Å². The summed E-state index contributed by atoms with van der Waals surface area (Å²) in [7, 11) is -0.524. The van der Waals surface area contributed by atoms with E-state index in [4.69, 9.17) is 11.5 Å². The molecule has 0 unspecified atom stereocenters. The van der Waals surface area contributed by atoms with Crippen LogP contribution in [0.2, 0.25) is 0 Å². The molecule has 9 nitrogen and oxygen atoms in total. The van der Waals surface area contributed by atoms with E-state index < -0.39 is 32.0 Å². The van der Waals surface area contributed by atoms with Gasteiger partial charge in [-0.3, -0.25) is 14.4 Å². The summed E-state index contributed by atoms with van der Waals surface area (Å²) in [6.07, 6.45) is 8.21. The van der Waals surface area contributed by atoms with Crippen LogP contribution in [-0.4, -0.2) is 55.6 Å². The topological polar surface area (TPSA) is 154 Å². The van der Waals surface area contributed by atoms with E-state index in [2.05, 4.69) is 20.7 Å². The Morgan fingerprint density at radius 3 is 2.25 bits per heavy atom. The van der Waals surface area contributed by atoms with Gasteiger partial charge in [0.25, 0.3) is 0 Å². The Morgan fingerprint density at radius 1 is 1.06 bits per heavy atom. The number of hydrogen-bond donors (Lipinski definition) is 4. The number of guanidine groups is 1. The molecular weight excluding hydrogens is 427 g/mol. The smallest absolute Gasteiger partial charge is 0.243 e. The van der Waals surface area contributed by atoms with Crippen LogP contribution in [0.1, 0.15) is 71.6 Å². The lowest BCUT2D eigenvalue weighted by Gasteiger charge is -2.26. The van der Waals surface area contributed by atoms with Crippen molar-refractivity contribution >= 4 is 31.8 Å². The van der Waals surface area contributed by atoms with E-state index in [-0.39, 0.29) is 17.8 Å². The Bertz CT molecular complexity index is 637. The van der Waals surface area contributed by atoms with Crippen LogP contribution in [0.4, 0.5) is 0 Å². The molecule has 3 amide bonds. The third-order valence-corrected chi connectivity index (χ3v) is 6.39. The van der Waals surface area contributed by atoms with Crippen molar-refractivity contribution in [2.24, 2.45) is 28.1 Å². The first kappa shape index (κ1) is 28.1.